The van der Waals surface area contributed by atoms with Gasteiger partial charge in [-0.2, -0.15) is 0 Å². The molecular formula is C9H8BrClO3. The van der Waals surface area contributed by atoms with Gasteiger partial charge in [-0.05, 0) is 22.0 Å². The molecule has 0 bridgehead atoms. The van der Waals surface area contributed by atoms with Gasteiger partial charge in [-0.3, -0.25) is 0 Å². The summed E-state index contributed by atoms with van der Waals surface area (Å²) in [5.74, 6) is 0.0982. The fraction of sp³-hybridized carbons (Fsp3) is 0.222. The molecule has 0 saturated heterocycles. The number of hydrogen-bond donors (Lipinski definition) is 0. The maximum atomic E-state index is 11.2. The summed E-state index contributed by atoms with van der Waals surface area (Å²) in [6.45, 7) is 0. The monoisotopic (exact) mass is 278 g/mol. The van der Waals surface area contributed by atoms with Gasteiger partial charge < -0.3 is 9.47 Å². The van der Waals surface area contributed by atoms with E-state index in [-0.39, 0.29) is 0 Å². The first kappa shape index (κ1) is 11.3. The summed E-state index contributed by atoms with van der Waals surface area (Å²) < 4.78 is 10.2. The van der Waals surface area contributed by atoms with E-state index in [9.17, 15) is 4.79 Å². The molecule has 0 aromatic heterocycles. The average Bonchev–Trinajstić information content (AvgIpc) is 2.19. The molecule has 76 valence electrons. The van der Waals surface area contributed by atoms with Crippen molar-refractivity contribution in [1.29, 1.82) is 0 Å². The van der Waals surface area contributed by atoms with Crippen LogP contribution in [-0.2, 0) is 4.74 Å². The van der Waals surface area contributed by atoms with Crippen LogP contribution in [-0.4, -0.2) is 20.2 Å². The number of esters is 1. The van der Waals surface area contributed by atoms with Crippen molar-refractivity contribution in [3.63, 3.8) is 0 Å². The summed E-state index contributed by atoms with van der Waals surface area (Å²) in [5.41, 5.74) is 0.307. The third-order valence-corrected chi connectivity index (χ3v) is 2.58. The van der Waals surface area contributed by atoms with Crippen molar-refractivity contribution in [3.05, 3.63) is 27.2 Å². The molecule has 1 aromatic rings. The molecule has 0 unspecified atom stereocenters. The quantitative estimate of drug-likeness (QED) is 0.781. The second-order valence-electron chi connectivity index (χ2n) is 2.46. The minimum atomic E-state index is -0.474. The summed E-state index contributed by atoms with van der Waals surface area (Å²) in [6.07, 6.45) is 0. The molecule has 1 rings (SSSR count). The molecule has 0 N–H and O–H groups in total. The van der Waals surface area contributed by atoms with Gasteiger partial charge in [0.05, 0.1) is 29.3 Å². The zero-order valence-electron chi connectivity index (χ0n) is 7.64. The topological polar surface area (TPSA) is 35.5 Å². The highest BCUT2D eigenvalue weighted by atomic mass is 79.9. The van der Waals surface area contributed by atoms with Crippen LogP contribution in [0.1, 0.15) is 10.4 Å². The van der Waals surface area contributed by atoms with Crippen molar-refractivity contribution >= 4 is 33.5 Å². The van der Waals surface area contributed by atoms with Gasteiger partial charge in [0.2, 0.25) is 0 Å². The number of halogens is 2. The van der Waals surface area contributed by atoms with Gasteiger partial charge in [0, 0.05) is 6.07 Å². The van der Waals surface area contributed by atoms with Crippen LogP contribution in [0.5, 0.6) is 5.75 Å². The van der Waals surface area contributed by atoms with Gasteiger partial charge in [-0.15, -0.1) is 0 Å². The summed E-state index contributed by atoms with van der Waals surface area (Å²) in [7, 11) is 2.82. The van der Waals surface area contributed by atoms with Crippen LogP contribution in [0.2, 0.25) is 5.02 Å². The standard InChI is InChI=1S/C9H8BrClO3/c1-13-8-4-7(11)5(3-6(8)10)9(12)14-2/h3-4H,1-2H3. The van der Waals surface area contributed by atoms with Crippen molar-refractivity contribution in [1.82, 2.24) is 0 Å². The normalized spacial score (nSPS) is 9.71. The number of carbonyl (C=O) groups excluding carboxylic acids is 1. The van der Waals surface area contributed by atoms with Crippen molar-refractivity contribution in [2.75, 3.05) is 14.2 Å². The van der Waals surface area contributed by atoms with Gasteiger partial charge in [0.25, 0.3) is 0 Å². The Bertz CT molecular complexity index is 365. The van der Waals surface area contributed by atoms with E-state index >= 15 is 0 Å². The van der Waals surface area contributed by atoms with E-state index < -0.39 is 5.97 Å². The van der Waals surface area contributed by atoms with E-state index in [2.05, 4.69) is 20.7 Å². The molecule has 0 aliphatic rings. The largest absolute Gasteiger partial charge is 0.496 e. The highest BCUT2D eigenvalue weighted by molar-refractivity contribution is 9.10. The summed E-state index contributed by atoms with van der Waals surface area (Å²) in [6, 6.07) is 3.12. The lowest BCUT2D eigenvalue weighted by Gasteiger charge is -2.07. The zero-order valence-corrected chi connectivity index (χ0v) is 9.98. The number of benzene rings is 1. The lowest BCUT2D eigenvalue weighted by Crippen LogP contribution is -2.02. The maximum absolute atomic E-state index is 11.2. The van der Waals surface area contributed by atoms with Crippen LogP contribution >= 0.6 is 27.5 Å². The SMILES string of the molecule is COC(=O)c1cc(Br)c(OC)cc1Cl. The summed E-state index contributed by atoms with van der Waals surface area (Å²) in [4.78, 5) is 11.2. The van der Waals surface area contributed by atoms with Crippen LogP contribution < -0.4 is 4.74 Å². The molecule has 0 aliphatic heterocycles. The molecule has 0 saturated carbocycles. The number of ether oxygens (including phenoxy) is 2. The van der Waals surface area contributed by atoms with Crippen LogP contribution in [0.3, 0.4) is 0 Å². The minimum absolute atomic E-state index is 0.303. The lowest BCUT2D eigenvalue weighted by atomic mass is 10.2. The smallest absolute Gasteiger partial charge is 0.339 e. The molecule has 0 spiro atoms. The molecule has 0 amide bonds. The van der Waals surface area contributed by atoms with Crippen LogP contribution in [0.4, 0.5) is 0 Å². The predicted octanol–water partition coefficient (Wildman–Crippen LogP) is 2.90. The predicted molar refractivity (Wildman–Crippen MR) is 57.0 cm³/mol. The van der Waals surface area contributed by atoms with Gasteiger partial charge >= 0.3 is 5.97 Å². The van der Waals surface area contributed by atoms with Crippen molar-refractivity contribution in [2.45, 2.75) is 0 Å². The molecule has 0 atom stereocenters. The highest BCUT2D eigenvalue weighted by Gasteiger charge is 2.14. The Kier molecular flexibility index (Phi) is 3.77. The van der Waals surface area contributed by atoms with Gasteiger partial charge in [0.1, 0.15) is 5.75 Å². The maximum Gasteiger partial charge on any atom is 0.339 e. The van der Waals surface area contributed by atoms with Gasteiger partial charge in [0.15, 0.2) is 0 Å². The summed E-state index contributed by atoms with van der Waals surface area (Å²) >= 11 is 9.10. The lowest BCUT2D eigenvalue weighted by molar-refractivity contribution is 0.0601. The van der Waals surface area contributed by atoms with Crippen molar-refractivity contribution < 1.29 is 14.3 Å². The van der Waals surface area contributed by atoms with E-state index in [1.807, 2.05) is 0 Å². The van der Waals surface area contributed by atoms with Crippen LogP contribution in [0, 0.1) is 0 Å². The van der Waals surface area contributed by atoms with Crippen molar-refractivity contribution in [2.24, 2.45) is 0 Å². The van der Waals surface area contributed by atoms with E-state index in [1.54, 1.807) is 12.1 Å². The number of carbonyl (C=O) groups is 1. The second-order valence-corrected chi connectivity index (χ2v) is 3.72. The number of hydrogen-bond acceptors (Lipinski definition) is 3. The second kappa shape index (κ2) is 4.66. The minimum Gasteiger partial charge on any atom is -0.496 e. The fourth-order valence-electron chi connectivity index (χ4n) is 0.951. The van der Waals surface area contributed by atoms with E-state index in [0.717, 1.165) is 0 Å². The molecular weight excluding hydrogens is 271 g/mol. The summed E-state index contributed by atoms with van der Waals surface area (Å²) in [5, 5.41) is 0.303. The Morgan fingerprint density at radius 3 is 2.57 bits per heavy atom. The first-order valence-electron chi connectivity index (χ1n) is 3.71. The molecule has 1 aromatic carbocycles. The number of rotatable bonds is 2. The van der Waals surface area contributed by atoms with E-state index in [0.29, 0.717) is 20.8 Å². The molecule has 0 fully saturated rings. The Labute approximate surface area is 95.1 Å². The fourth-order valence-corrected chi connectivity index (χ4v) is 1.69. The molecule has 0 aliphatic carbocycles. The van der Waals surface area contributed by atoms with Gasteiger partial charge in [-0.25, -0.2) is 4.79 Å². The third-order valence-electron chi connectivity index (χ3n) is 1.65. The highest BCUT2D eigenvalue weighted by Crippen LogP contribution is 2.31. The molecule has 0 heterocycles. The Morgan fingerprint density at radius 2 is 2.07 bits per heavy atom. The molecule has 0 radical (unpaired) electrons. The molecule has 14 heavy (non-hydrogen) atoms. The average molecular weight is 280 g/mol. The Balaban J connectivity index is 3.21. The Hall–Kier alpha value is -0.740. The number of methoxy groups -OCH3 is 2. The third kappa shape index (κ3) is 2.19. The van der Waals surface area contributed by atoms with E-state index in [4.69, 9.17) is 16.3 Å². The molecule has 5 heteroatoms. The van der Waals surface area contributed by atoms with Crippen LogP contribution in [0.25, 0.3) is 0 Å². The Morgan fingerprint density at radius 1 is 1.43 bits per heavy atom. The molecule has 3 nitrogen and oxygen atoms in total. The van der Waals surface area contributed by atoms with Crippen molar-refractivity contribution in [3.8, 4) is 5.75 Å². The first-order chi connectivity index (χ1) is 6.60. The van der Waals surface area contributed by atoms with Gasteiger partial charge in [-0.1, -0.05) is 11.6 Å². The first-order valence-corrected chi connectivity index (χ1v) is 4.88. The van der Waals surface area contributed by atoms with E-state index in [1.165, 1.54) is 14.2 Å². The van der Waals surface area contributed by atoms with Crippen LogP contribution in [0.15, 0.2) is 16.6 Å². The zero-order chi connectivity index (χ0) is 10.7.